The van der Waals surface area contributed by atoms with Gasteiger partial charge in [0.25, 0.3) is 0 Å². The van der Waals surface area contributed by atoms with Gasteiger partial charge in [-0.05, 0) is 50.4 Å². The zero-order valence-electron chi connectivity index (χ0n) is 15.1. The number of rotatable bonds is 7. The number of benzene rings is 1. The van der Waals surface area contributed by atoms with Gasteiger partial charge in [0.1, 0.15) is 6.54 Å². The lowest BCUT2D eigenvalue weighted by Gasteiger charge is -2.37. The Kier molecular flexibility index (Phi) is 6.23. The van der Waals surface area contributed by atoms with E-state index in [2.05, 4.69) is 40.3 Å². The van der Waals surface area contributed by atoms with Crippen LogP contribution in [-0.2, 0) is 17.8 Å². The average Bonchev–Trinajstić information content (AvgIpc) is 3.15. The van der Waals surface area contributed by atoms with Crippen molar-refractivity contribution < 1.29 is 4.79 Å². The second-order valence-corrected chi connectivity index (χ2v) is 6.89. The number of amides is 1. The molecule has 1 amide bonds. The molecule has 3 rings (SSSR count). The number of piperidine rings is 1. The fourth-order valence-electron chi connectivity index (χ4n) is 3.55. The lowest BCUT2D eigenvalue weighted by atomic mass is 10.0. The van der Waals surface area contributed by atoms with Crippen molar-refractivity contribution in [2.45, 2.75) is 38.3 Å². The van der Waals surface area contributed by atoms with Crippen molar-refractivity contribution in [1.29, 1.82) is 0 Å². The van der Waals surface area contributed by atoms with Crippen molar-refractivity contribution >= 4 is 5.91 Å². The van der Waals surface area contributed by atoms with Crippen molar-refractivity contribution in [3.05, 3.63) is 54.4 Å². The van der Waals surface area contributed by atoms with Gasteiger partial charge in [-0.15, -0.1) is 0 Å². The second-order valence-electron chi connectivity index (χ2n) is 6.89. The molecule has 1 unspecified atom stereocenters. The number of likely N-dealkylation sites (tertiary alicyclic amines) is 1. The summed E-state index contributed by atoms with van der Waals surface area (Å²) in [5.41, 5.74) is 1.41. The number of carbonyl (C=O) groups is 1. The molecule has 1 aromatic carbocycles. The molecule has 0 spiro atoms. The quantitative estimate of drug-likeness (QED) is 0.777. The highest BCUT2D eigenvalue weighted by atomic mass is 16.2. The third kappa shape index (κ3) is 5.16. The van der Waals surface area contributed by atoms with Crippen LogP contribution in [0.2, 0.25) is 0 Å². The van der Waals surface area contributed by atoms with Crippen LogP contribution < -0.4 is 0 Å². The summed E-state index contributed by atoms with van der Waals surface area (Å²) in [6, 6.07) is 12.8. The van der Waals surface area contributed by atoms with Crippen LogP contribution in [0.3, 0.4) is 0 Å². The number of likely N-dealkylation sites (N-methyl/N-ethyl adjacent to an activating group) is 1. The first kappa shape index (κ1) is 17.7. The summed E-state index contributed by atoms with van der Waals surface area (Å²) in [7, 11) is 1.93. The van der Waals surface area contributed by atoms with E-state index in [-0.39, 0.29) is 5.91 Å². The minimum atomic E-state index is 0.139. The molecule has 5 nitrogen and oxygen atoms in total. The van der Waals surface area contributed by atoms with E-state index in [0.717, 1.165) is 38.9 Å². The van der Waals surface area contributed by atoms with Gasteiger partial charge in [0, 0.05) is 32.0 Å². The van der Waals surface area contributed by atoms with Gasteiger partial charge >= 0.3 is 0 Å². The first-order valence-electron chi connectivity index (χ1n) is 9.22. The molecule has 1 atom stereocenters. The maximum atomic E-state index is 12.5. The smallest absolute Gasteiger partial charge is 0.244 e. The predicted molar refractivity (Wildman–Crippen MR) is 99.2 cm³/mol. The summed E-state index contributed by atoms with van der Waals surface area (Å²) in [6.07, 6.45) is 8.09. The van der Waals surface area contributed by atoms with Gasteiger partial charge in [-0.1, -0.05) is 30.3 Å². The molecule has 0 aliphatic carbocycles. The van der Waals surface area contributed by atoms with Crippen LogP contribution in [0.5, 0.6) is 0 Å². The highest BCUT2D eigenvalue weighted by Gasteiger charge is 2.25. The Morgan fingerprint density at radius 3 is 2.88 bits per heavy atom. The first-order chi connectivity index (χ1) is 12.2. The molecule has 1 aromatic heterocycles. The van der Waals surface area contributed by atoms with Crippen molar-refractivity contribution in [3.8, 4) is 0 Å². The van der Waals surface area contributed by atoms with E-state index >= 15 is 0 Å². The molecule has 0 saturated carbocycles. The highest BCUT2D eigenvalue weighted by molar-refractivity contribution is 5.76. The van der Waals surface area contributed by atoms with Crippen molar-refractivity contribution in [1.82, 2.24) is 19.6 Å². The minimum Gasteiger partial charge on any atom is -0.340 e. The van der Waals surface area contributed by atoms with E-state index in [1.807, 2.05) is 24.2 Å². The largest absolute Gasteiger partial charge is 0.340 e. The number of aryl methyl sites for hydroxylation is 1. The van der Waals surface area contributed by atoms with Gasteiger partial charge < -0.3 is 9.80 Å². The Morgan fingerprint density at radius 2 is 2.12 bits per heavy atom. The van der Waals surface area contributed by atoms with E-state index in [4.69, 9.17) is 0 Å². The monoisotopic (exact) mass is 340 g/mol. The molecule has 2 heterocycles. The highest BCUT2D eigenvalue weighted by Crippen LogP contribution is 2.16. The Bertz CT molecular complexity index is 641. The van der Waals surface area contributed by atoms with Crippen LogP contribution in [0.4, 0.5) is 0 Å². The van der Waals surface area contributed by atoms with Crippen molar-refractivity contribution in [2.24, 2.45) is 0 Å². The van der Waals surface area contributed by atoms with E-state index < -0.39 is 0 Å². The van der Waals surface area contributed by atoms with Crippen LogP contribution >= 0.6 is 0 Å². The molecular weight excluding hydrogens is 312 g/mol. The standard InChI is InChI=1S/C20H28N4O/c1-22(20(25)17-24-15-7-12-21-24)19-11-6-14-23(16-19)13-5-10-18-8-3-2-4-9-18/h2-4,7-9,12,15,19H,5-6,10-11,13-14,16-17H2,1H3. The van der Waals surface area contributed by atoms with Gasteiger partial charge in [-0.2, -0.15) is 5.10 Å². The Balaban J connectivity index is 1.44. The van der Waals surface area contributed by atoms with Crippen LogP contribution in [0.25, 0.3) is 0 Å². The predicted octanol–water partition coefficient (Wildman–Crippen LogP) is 2.44. The van der Waals surface area contributed by atoms with Crippen molar-refractivity contribution in [3.63, 3.8) is 0 Å². The molecular formula is C20H28N4O. The number of aromatic nitrogens is 2. The summed E-state index contributed by atoms with van der Waals surface area (Å²) >= 11 is 0. The normalized spacial score (nSPS) is 18.2. The van der Waals surface area contributed by atoms with Gasteiger partial charge in [0.05, 0.1) is 0 Å². The SMILES string of the molecule is CN(C(=O)Cn1cccn1)C1CCCN(CCCc2ccccc2)C1. The van der Waals surface area contributed by atoms with Crippen LogP contribution in [0.1, 0.15) is 24.8 Å². The Labute approximate surface area is 150 Å². The number of nitrogens with zero attached hydrogens (tertiary/aromatic N) is 4. The van der Waals surface area contributed by atoms with Crippen LogP contribution in [-0.4, -0.2) is 58.2 Å². The zero-order valence-corrected chi connectivity index (χ0v) is 15.1. The minimum absolute atomic E-state index is 0.139. The fraction of sp³-hybridized carbons (Fsp3) is 0.500. The van der Waals surface area contributed by atoms with Crippen molar-refractivity contribution in [2.75, 3.05) is 26.7 Å². The van der Waals surface area contributed by atoms with Gasteiger partial charge in [0.15, 0.2) is 0 Å². The van der Waals surface area contributed by atoms with Gasteiger partial charge in [-0.25, -0.2) is 0 Å². The van der Waals surface area contributed by atoms with E-state index in [9.17, 15) is 4.79 Å². The molecule has 5 heteroatoms. The maximum absolute atomic E-state index is 12.5. The van der Waals surface area contributed by atoms with E-state index in [1.54, 1.807) is 10.9 Å². The topological polar surface area (TPSA) is 41.4 Å². The summed E-state index contributed by atoms with van der Waals surface area (Å²) < 4.78 is 1.69. The number of hydrogen-bond donors (Lipinski definition) is 0. The van der Waals surface area contributed by atoms with E-state index in [0.29, 0.717) is 12.6 Å². The third-order valence-corrected chi connectivity index (χ3v) is 5.06. The Hall–Kier alpha value is -2.14. The third-order valence-electron chi connectivity index (χ3n) is 5.06. The molecule has 0 bridgehead atoms. The summed E-state index contributed by atoms with van der Waals surface area (Å²) in [5, 5.41) is 4.13. The number of carbonyl (C=O) groups excluding carboxylic acids is 1. The summed E-state index contributed by atoms with van der Waals surface area (Å²) in [4.78, 5) is 16.9. The zero-order chi connectivity index (χ0) is 17.5. The maximum Gasteiger partial charge on any atom is 0.244 e. The lowest BCUT2D eigenvalue weighted by molar-refractivity contribution is -0.133. The first-order valence-corrected chi connectivity index (χ1v) is 9.22. The Morgan fingerprint density at radius 1 is 1.28 bits per heavy atom. The van der Waals surface area contributed by atoms with Gasteiger partial charge in [-0.3, -0.25) is 9.48 Å². The molecule has 1 aliphatic heterocycles. The molecule has 1 aliphatic rings. The average molecular weight is 340 g/mol. The van der Waals surface area contributed by atoms with Crippen LogP contribution in [0, 0.1) is 0 Å². The molecule has 1 saturated heterocycles. The fourth-order valence-corrected chi connectivity index (χ4v) is 3.55. The molecule has 25 heavy (non-hydrogen) atoms. The van der Waals surface area contributed by atoms with Gasteiger partial charge in [0.2, 0.25) is 5.91 Å². The molecule has 0 N–H and O–H groups in total. The second kappa shape index (κ2) is 8.81. The molecule has 134 valence electrons. The number of hydrogen-bond acceptors (Lipinski definition) is 3. The molecule has 2 aromatic rings. The molecule has 0 radical (unpaired) electrons. The lowest BCUT2D eigenvalue weighted by Crippen LogP contribution is -2.49. The molecule has 1 fully saturated rings. The summed E-state index contributed by atoms with van der Waals surface area (Å²) in [5.74, 6) is 0.139. The van der Waals surface area contributed by atoms with E-state index in [1.165, 1.54) is 12.0 Å². The van der Waals surface area contributed by atoms with Crippen LogP contribution in [0.15, 0.2) is 48.8 Å². The summed E-state index contributed by atoms with van der Waals surface area (Å²) in [6.45, 7) is 3.56.